The first kappa shape index (κ1) is 20.4. The molecule has 23 heavy (non-hydrogen) atoms. The molecule has 0 bridgehead atoms. The Hall–Kier alpha value is -0.680. The molecular weight excluding hydrogens is 310 g/mol. The zero-order valence-electron chi connectivity index (χ0n) is 14.5. The number of ether oxygens (including phenoxy) is 1. The zero-order valence-corrected chi connectivity index (χ0v) is 15.4. The molecule has 2 heterocycles. The van der Waals surface area contributed by atoms with E-state index in [2.05, 4.69) is 41.2 Å². The largest absolute Gasteiger partial charge is 0.379 e. The normalized spacial score (nSPS) is 18.7. The Bertz CT molecular complexity index is 395. The number of aromatic nitrogens is 1. The maximum atomic E-state index is 5.70. The van der Waals surface area contributed by atoms with E-state index >= 15 is 0 Å². The van der Waals surface area contributed by atoms with Gasteiger partial charge in [-0.3, -0.25) is 9.88 Å². The van der Waals surface area contributed by atoms with Crippen molar-refractivity contribution < 1.29 is 4.74 Å². The second-order valence-corrected chi connectivity index (χ2v) is 6.40. The number of halogens is 1. The van der Waals surface area contributed by atoms with E-state index in [9.17, 15) is 0 Å². The third-order valence-corrected chi connectivity index (χ3v) is 4.19. The summed E-state index contributed by atoms with van der Waals surface area (Å²) in [7, 11) is 0. The molecule has 2 rings (SSSR count). The second-order valence-electron chi connectivity index (χ2n) is 6.40. The third-order valence-electron chi connectivity index (χ3n) is 4.19. The molecule has 1 unspecified atom stereocenters. The molecule has 1 fully saturated rings. The van der Waals surface area contributed by atoms with Crippen molar-refractivity contribution in [1.82, 2.24) is 15.2 Å². The molecule has 1 aromatic rings. The van der Waals surface area contributed by atoms with Crippen molar-refractivity contribution >= 4 is 12.4 Å². The Kier molecular flexibility index (Phi) is 10.4. The number of nitrogens with one attached hydrogen (secondary N) is 1. The maximum Gasteiger partial charge on any atom is 0.0544 e. The molecule has 0 amide bonds. The SMILES string of the molecule is CC(C)OCCCN(Cc1ccccn1)C1CCCNCC1.Cl. The van der Waals surface area contributed by atoms with Crippen molar-refractivity contribution in [2.45, 2.75) is 58.2 Å². The number of hydrogen-bond acceptors (Lipinski definition) is 4. The van der Waals surface area contributed by atoms with Crippen molar-refractivity contribution in [3.8, 4) is 0 Å². The van der Waals surface area contributed by atoms with Crippen LogP contribution in [0.4, 0.5) is 0 Å². The summed E-state index contributed by atoms with van der Waals surface area (Å²) in [5, 5.41) is 3.51. The van der Waals surface area contributed by atoms with E-state index < -0.39 is 0 Å². The topological polar surface area (TPSA) is 37.4 Å². The summed E-state index contributed by atoms with van der Waals surface area (Å²) in [6.07, 6.45) is 7.10. The number of hydrogen-bond donors (Lipinski definition) is 1. The van der Waals surface area contributed by atoms with Gasteiger partial charge in [-0.2, -0.15) is 0 Å². The van der Waals surface area contributed by atoms with Crippen molar-refractivity contribution in [2.75, 3.05) is 26.2 Å². The predicted octanol–water partition coefficient (Wildman–Crippen LogP) is 3.26. The van der Waals surface area contributed by atoms with Gasteiger partial charge >= 0.3 is 0 Å². The fraction of sp³-hybridized carbons (Fsp3) is 0.722. The van der Waals surface area contributed by atoms with Crippen molar-refractivity contribution in [3.63, 3.8) is 0 Å². The van der Waals surface area contributed by atoms with Gasteiger partial charge in [0, 0.05) is 31.9 Å². The standard InChI is InChI=1S/C18H31N3O.ClH/c1-16(2)22-14-6-13-21(15-17-7-3-4-11-20-17)18-8-5-10-19-12-9-18;/h3-4,7,11,16,18-19H,5-6,8-10,12-15H2,1-2H3;1H. The molecular formula is C18H32ClN3O. The first-order valence-corrected chi connectivity index (χ1v) is 8.72. The van der Waals surface area contributed by atoms with Gasteiger partial charge in [-0.15, -0.1) is 12.4 Å². The van der Waals surface area contributed by atoms with Gasteiger partial charge in [0.15, 0.2) is 0 Å². The highest BCUT2D eigenvalue weighted by atomic mass is 35.5. The van der Waals surface area contributed by atoms with E-state index in [4.69, 9.17) is 4.74 Å². The number of nitrogens with zero attached hydrogens (tertiary/aromatic N) is 2. The lowest BCUT2D eigenvalue weighted by molar-refractivity contribution is 0.0641. The van der Waals surface area contributed by atoms with Crippen LogP contribution in [-0.2, 0) is 11.3 Å². The average Bonchev–Trinajstić information content (AvgIpc) is 2.80. The Morgan fingerprint density at radius 1 is 1.30 bits per heavy atom. The molecule has 1 atom stereocenters. The number of pyridine rings is 1. The zero-order chi connectivity index (χ0) is 15.6. The van der Waals surface area contributed by atoms with E-state index in [0.717, 1.165) is 39.2 Å². The van der Waals surface area contributed by atoms with Gasteiger partial charge in [0.25, 0.3) is 0 Å². The Morgan fingerprint density at radius 3 is 2.91 bits per heavy atom. The highest BCUT2D eigenvalue weighted by Crippen LogP contribution is 2.16. The fourth-order valence-corrected chi connectivity index (χ4v) is 3.04. The molecule has 0 saturated carbocycles. The molecule has 1 aromatic heterocycles. The first-order chi connectivity index (χ1) is 10.8. The minimum Gasteiger partial charge on any atom is -0.379 e. The van der Waals surface area contributed by atoms with Gasteiger partial charge < -0.3 is 10.1 Å². The second kappa shape index (κ2) is 11.8. The monoisotopic (exact) mass is 341 g/mol. The van der Waals surface area contributed by atoms with E-state index in [1.165, 1.54) is 25.0 Å². The summed E-state index contributed by atoms with van der Waals surface area (Å²) in [5.41, 5.74) is 1.17. The van der Waals surface area contributed by atoms with Crippen LogP contribution in [0.3, 0.4) is 0 Å². The predicted molar refractivity (Wildman–Crippen MR) is 98.1 cm³/mol. The van der Waals surface area contributed by atoms with Crippen LogP contribution < -0.4 is 5.32 Å². The van der Waals surface area contributed by atoms with Crippen LogP contribution in [0.2, 0.25) is 0 Å². The third kappa shape index (κ3) is 8.11. The minimum atomic E-state index is 0. The van der Waals surface area contributed by atoms with Gasteiger partial charge in [-0.1, -0.05) is 6.07 Å². The van der Waals surface area contributed by atoms with Crippen molar-refractivity contribution in [2.24, 2.45) is 0 Å². The molecule has 1 saturated heterocycles. The Morgan fingerprint density at radius 2 is 2.17 bits per heavy atom. The molecule has 1 N–H and O–H groups in total. The lowest BCUT2D eigenvalue weighted by atomic mass is 10.1. The summed E-state index contributed by atoms with van der Waals surface area (Å²) in [6.45, 7) is 9.38. The van der Waals surface area contributed by atoms with Gasteiger partial charge in [0.1, 0.15) is 0 Å². The van der Waals surface area contributed by atoms with Gasteiger partial charge in [-0.05, 0) is 64.8 Å². The molecule has 1 aliphatic heterocycles. The van der Waals surface area contributed by atoms with Gasteiger partial charge in [0.05, 0.1) is 11.8 Å². The quantitative estimate of drug-likeness (QED) is 0.736. The highest BCUT2D eigenvalue weighted by Gasteiger charge is 2.20. The fourth-order valence-electron chi connectivity index (χ4n) is 3.04. The lowest BCUT2D eigenvalue weighted by Crippen LogP contribution is -2.37. The van der Waals surface area contributed by atoms with E-state index in [0.29, 0.717) is 12.1 Å². The molecule has 132 valence electrons. The molecule has 4 nitrogen and oxygen atoms in total. The summed E-state index contributed by atoms with van der Waals surface area (Å²) in [5.74, 6) is 0. The molecule has 0 aromatic carbocycles. The Labute approximate surface area is 147 Å². The van der Waals surface area contributed by atoms with Crippen LogP contribution in [-0.4, -0.2) is 48.3 Å². The first-order valence-electron chi connectivity index (χ1n) is 8.72. The molecule has 1 aliphatic rings. The van der Waals surface area contributed by atoms with Gasteiger partial charge in [0.2, 0.25) is 0 Å². The smallest absolute Gasteiger partial charge is 0.0544 e. The summed E-state index contributed by atoms with van der Waals surface area (Å²) < 4.78 is 5.70. The summed E-state index contributed by atoms with van der Waals surface area (Å²) in [6, 6.07) is 6.86. The van der Waals surface area contributed by atoms with E-state index in [1.54, 1.807) is 0 Å². The lowest BCUT2D eigenvalue weighted by Gasteiger charge is -2.31. The molecule has 0 aliphatic carbocycles. The van der Waals surface area contributed by atoms with E-state index in [-0.39, 0.29) is 12.4 Å². The van der Waals surface area contributed by atoms with Crippen molar-refractivity contribution in [1.29, 1.82) is 0 Å². The molecule has 0 spiro atoms. The molecule has 5 heteroatoms. The average molecular weight is 342 g/mol. The molecule has 0 radical (unpaired) electrons. The van der Waals surface area contributed by atoms with Crippen LogP contribution in [0, 0.1) is 0 Å². The van der Waals surface area contributed by atoms with Crippen LogP contribution in [0.15, 0.2) is 24.4 Å². The van der Waals surface area contributed by atoms with Crippen LogP contribution >= 0.6 is 12.4 Å². The highest BCUT2D eigenvalue weighted by molar-refractivity contribution is 5.85. The number of rotatable bonds is 8. The van der Waals surface area contributed by atoms with Crippen LogP contribution in [0.1, 0.15) is 45.2 Å². The minimum absolute atomic E-state index is 0. The van der Waals surface area contributed by atoms with Crippen molar-refractivity contribution in [3.05, 3.63) is 30.1 Å². The van der Waals surface area contributed by atoms with Crippen LogP contribution in [0.5, 0.6) is 0 Å². The van der Waals surface area contributed by atoms with Crippen LogP contribution in [0.25, 0.3) is 0 Å². The maximum absolute atomic E-state index is 5.70. The summed E-state index contributed by atoms with van der Waals surface area (Å²) in [4.78, 5) is 7.11. The summed E-state index contributed by atoms with van der Waals surface area (Å²) >= 11 is 0. The van der Waals surface area contributed by atoms with E-state index in [1.807, 2.05) is 12.3 Å². The Balaban J connectivity index is 0.00000264. The van der Waals surface area contributed by atoms with Gasteiger partial charge in [-0.25, -0.2) is 0 Å².